The van der Waals surface area contributed by atoms with Crippen LogP contribution in [0.1, 0.15) is 42.0 Å². The summed E-state index contributed by atoms with van der Waals surface area (Å²) < 4.78 is 0. The zero-order valence-electron chi connectivity index (χ0n) is 15.8. The van der Waals surface area contributed by atoms with Gasteiger partial charge in [0.2, 0.25) is 0 Å². The third-order valence-corrected chi connectivity index (χ3v) is 4.24. The van der Waals surface area contributed by atoms with Crippen LogP contribution >= 0.6 is 0 Å². The standard InChI is InChI=1S/C21H24N4O2/c1-14-22-19(25-24-14)16-8-10-18(11-9-16)23-20(26)17-6-4-15(5-7-17)12-13-21(2,3)27/h4-11,27H,12-13H2,1-3H3,(H,23,26)(H,22,24,25). The molecule has 0 aliphatic carbocycles. The minimum atomic E-state index is -0.688. The molecule has 0 bridgehead atoms. The number of carbonyl (C=O) groups is 1. The molecular weight excluding hydrogens is 340 g/mol. The van der Waals surface area contributed by atoms with Crippen molar-refractivity contribution in [3.8, 4) is 11.4 Å². The quantitative estimate of drug-likeness (QED) is 0.621. The first kappa shape index (κ1) is 18.8. The van der Waals surface area contributed by atoms with E-state index < -0.39 is 5.60 Å². The number of carbonyl (C=O) groups excluding carboxylic acids is 1. The van der Waals surface area contributed by atoms with Crippen LogP contribution in [0.3, 0.4) is 0 Å². The van der Waals surface area contributed by atoms with Crippen molar-refractivity contribution in [1.82, 2.24) is 15.2 Å². The molecular formula is C21H24N4O2. The van der Waals surface area contributed by atoms with E-state index in [1.807, 2.05) is 43.3 Å². The van der Waals surface area contributed by atoms with Crippen molar-refractivity contribution in [2.45, 2.75) is 39.2 Å². The number of benzene rings is 2. The van der Waals surface area contributed by atoms with Gasteiger partial charge in [0.15, 0.2) is 5.82 Å². The normalized spacial score (nSPS) is 11.4. The van der Waals surface area contributed by atoms with E-state index in [0.29, 0.717) is 23.5 Å². The van der Waals surface area contributed by atoms with Gasteiger partial charge in [0.05, 0.1) is 5.60 Å². The Morgan fingerprint density at radius 3 is 2.33 bits per heavy atom. The number of hydrogen-bond acceptors (Lipinski definition) is 4. The van der Waals surface area contributed by atoms with Crippen LogP contribution < -0.4 is 5.32 Å². The number of aliphatic hydroxyl groups is 1. The monoisotopic (exact) mass is 364 g/mol. The van der Waals surface area contributed by atoms with E-state index in [-0.39, 0.29) is 5.91 Å². The smallest absolute Gasteiger partial charge is 0.255 e. The van der Waals surface area contributed by atoms with E-state index in [2.05, 4.69) is 20.5 Å². The fourth-order valence-corrected chi connectivity index (χ4v) is 2.65. The van der Waals surface area contributed by atoms with E-state index >= 15 is 0 Å². The molecule has 2 aromatic carbocycles. The number of aryl methyl sites for hydroxylation is 2. The number of aromatic amines is 1. The van der Waals surface area contributed by atoms with Crippen molar-refractivity contribution in [1.29, 1.82) is 0 Å². The molecule has 6 nitrogen and oxygen atoms in total. The minimum absolute atomic E-state index is 0.162. The van der Waals surface area contributed by atoms with Crippen molar-refractivity contribution < 1.29 is 9.90 Å². The average molecular weight is 364 g/mol. The van der Waals surface area contributed by atoms with Gasteiger partial charge in [0, 0.05) is 16.8 Å². The van der Waals surface area contributed by atoms with Gasteiger partial charge in [-0.1, -0.05) is 12.1 Å². The Kier molecular flexibility index (Phi) is 5.37. The fraction of sp³-hybridized carbons (Fsp3) is 0.286. The second-order valence-electron chi connectivity index (χ2n) is 7.29. The summed E-state index contributed by atoms with van der Waals surface area (Å²) in [6.07, 6.45) is 1.45. The molecule has 0 atom stereocenters. The lowest BCUT2D eigenvalue weighted by atomic mass is 9.98. The molecule has 0 spiro atoms. The molecule has 1 amide bonds. The maximum absolute atomic E-state index is 12.4. The predicted octanol–water partition coefficient (Wildman–Crippen LogP) is 3.74. The van der Waals surface area contributed by atoms with Crippen LogP contribution in [-0.2, 0) is 6.42 Å². The van der Waals surface area contributed by atoms with Crippen LogP contribution in [0.4, 0.5) is 5.69 Å². The molecule has 0 aliphatic rings. The highest BCUT2D eigenvalue weighted by molar-refractivity contribution is 6.04. The lowest BCUT2D eigenvalue weighted by Gasteiger charge is -2.16. The first-order valence-corrected chi connectivity index (χ1v) is 8.92. The molecule has 3 aromatic rings. The Labute approximate surface area is 158 Å². The van der Waals surface area contributed by atoms with E-state index in [9.17, 15) is 9.90 Å². The van der Waals surface area contributed by atoms with Gasteiger partial charge in [0.25, 0.3) is 5.91 Å². The van der Waals surface area contributed by atoms with Gasteiger partial charge < -0.3 is 10.4 Å². The molecule has 3 N–H and O–H groups in total. The second kappa shape index (κ2) is 7.72. The molecule has 1 heterocycles. The van der Waals surface area contributed by atoms with Gasteiger partial charge in [-0.05, 0) is 75.6 Å². The minimum Gasteiger partial charge on any atom is -0.390 e. The van der Waals surface area contributed by atoms with Gasteiger partial charge in [-0.15, -0.1) is 0 Å². The number of hydrogen-bond donors (Lipinski definition) is 3. The number of aromatic nitrogens is 3. The zero-order valence-corrected chi connectivity index (χ0v) is 15.8. The third-order valence-electron chi connectivity index (χ3n) is 4.24. The zero-order chi connectivity index (χ0) is 19.4. The molecule has 0 saturated heterocycles. The molecule has 0 aliphatic heterocycles. The maximum Gasteiger partial charge on any atom is 0.255 e. The summed E-state index contributed by atoms with van der Waals surface area (Å²) in [5, 5.41) is 19.6. The fourth-order valence-electron chi connectivity index (χ4n) is 2.65. The van der Waals surface area contributed by atoms with Crippen LogP contribution in [0, 0.1) is 6.92 Å². The molecule has 0 radical (unpaired) electrons. The molecule has 0 fully saturated rings. The van der Waals surface area contributed by atoms with Crippen LogP contribution in [0.15, 0.2) is 48.5 Å². The Morgan fingerprint density at radius 1 is 1.11 bits per heavy atom. The summed E-state index contributed by atoms with van der Waals surface area (Å²) in [4.78, 5) is 16.7. The number of anilines is 1. The van der Waals surface area contributed by atoms with Gasteiger partial charge in [-0.3, -0.25) is 9.89 Å². The first-order valence-electron chi connectivity index (χ1n) is 8.92. The highest BCUT2D eigenvalue weighted by Crippen LogP contribution is 2.19. The summed E-state index contributed by atoms with van der Waals surface area (Å²) in [7, 11) is 0. The summed E-state index contributed by atoms with van der Waals surface area (Å²) in [5.41, 5.74) is 2.60. The lowest BCUT2D eigenvalue weighted by Crippen LogP contribution is -2.19. The first-order chi connectivity index (χ1) is 12.8. The maximum atomic E-state index is 12.4. The van der Waals surface area contributed by atoms with E-state index in [0.717, 1.165) is 23.4 Å². The van der Waals surface area contributed by atoms with Crippen LogP contribution in [0.5, 0.6) is 0 Å². The lowest BCUT2D eigenvalue weighted by molar-refractivity contribution is 0.0714. The van der Waals surface area contributed by atoms with E-state index in [1.54, 1.807) is 26.0 Å². The molecule has 140 valence electrons. The summed E-state index contributed by atoms with van der Waals surface area (Å²) in [6, 6.07) is 14.9. The van der Waals surface area contributed by atoms with Crippen LogP contribution in [-0.4, -0.2) is 31.8 Å². The van der Waals surface area contributed by atoms with E-state index in [4.69, 9.17) is 0 Å². The molecule has 6 heteroatoms. The van der Waals surface area contributed by atoms with Gasteiger partial charge >= 0.3 is 0 Å². The highest BCUT2D eigenvalue weighted by atomic mass is 16.3. The van der Waals surface area contributed by atoms with Crippen molar-refractivity contribution >= 4 is 11.6 Å². The van der Waals surface area contributed by atoms with Crippen molar-refractivity contribution in [3.05, 3.63) is 65.5 Å². The largest absolute Gasteiger partial charge is 0.390 e. The average Bonchev–Trinajstić information content (AvgIpc) is 3.07. The Bertz CT molecular complexity index is 907. The Hall–Kier alpha value is -2.99. The van der Waals surface area contributed by atoms with Crippen molar-refractivity contribution in [3.63, 3.8) is 0 Å². The molecule has 0 unspecified atom stereocenters. The highest BCUT2D eigenvalue weighted by Gasteiger charge is 2.13. The number of nitrogens with one attached hydrogen (secondary N) is 2. The number of H-pyrrole nitrogens is 1. The van der Waals surface area contributed by atoms with Gasteiger partial charge in [0.1, 0.15) is 5.82 Å². The summed E-state index contributed by atoms with van der Waals surface area (Å²) in [6.45, 7) is 5.44. The Morgan fingerprint density at radius 2 is 1.78 bits per heavy atom. The number of amides is 1. The number of rotatable bonds is 6. The molecule has 27 heavy (non-hydrogen) atoms. The van der Waals surface area contributed by atoms with Crippen LogP contribution in [0.25, 0.3) is 11.4 Å². The molecule has 0 saturated carbocycles. The summed E-state index contributed by atoms with van der Waals surface area (Å²) >= 11 is 0. The topological polar surface area (TPSA) is 90.9 Å². The molecule has 3 rings (SSSR count). The summed E-state index contributed by atoms with van der Waals surface area (Å²) in [5.74, 6) is 1.23. The molecule has 1 aromatic heterocycles. The van der Waals surface area contributed by atoms with Crippen molar-refractivity contribution in [2.75, 3.05) is 5.32 Å². The third kappa shape index (κ3) is 5.24. The van der Waals surface area contributed by atoms with E-state index in [1.165, 1.54) is 0 Å². The second-order valence-corrected chi connectivity index (χ2v) is 7.29. The predicted molar refractivity (Wildman–Crippen MR) is 106 cm³/mol. The van der Waals surface area contributed by atoms with Gasteiger partial charge in [-0.25, -0.2) is 4.98 Å². The Balaban J connectivity index is 1.61. The number of nitrogens with zero attached hydrogens (tertiary/aromatic N) is 2. The van der Waals surface area contributed by atoms with Gasteiger partial charge in [-0.2, -0.15) is 5.10 Å². The SMILES string of the molecule is Cc1nc(-c2ccc(NC(=O)c3ccc(CCC(C)(C)O)cc3)cc2)n[nH]1. The van der Waals surface area contributed by atoms with Crippen molar-refractivity contribution in [2.24, 2.45) is 0 Å². The van der Waals surface area contributed by atoms with Crippen LogP contribution in [0.2, 0.25) is 0 Å².